The molecule has 8 heterocycles. The monoisotopic (exact) mass is 865 g/mol. The number of carbonyl (C=O) groups excluding carboxylic acids is 3. The highest BCUT2D eigenvalue weighted by atomic mass is 19.3. The van der Waals surface area contributed by atoms with E-state index < -0.39 is 30.0 Å². The van der Waals surface area contributed by atoms with Gasteiger partial charge in [0, 0.05) is 52.0 Å². The summed E-state index contributed by atoms with van der Waals surface area (Å²) < 4.78 is 46.5. The fraction of sp³-hybridized carbons (Fsp3) is 0.523. The minimum absolute atomic E-state index is 0.0104. The molecule has 1 aliphatic carbocycles. The Morgan fingerprint density at radius 2 is 1.89 bits per heavy atom. The molecule has 1 saturated carbocycles. The molecule has 2 N–H and O–H groups in total. The summed E-state index contributed by atoms with van der Waals surface area (Å²) in [6.45, 7) is 4.40. The van der Waals surface area contributed by atoms with E-state index in [0.717, 1.165) is 76.9 Å². The van der Waals surface area contributed by atoms with Gasteiger partial charge in [0.2, 0.25) is 11.8 Å². The molecule has 5 fully saturated rings. The van der Waals surface area contributed by atoms with Crippen molar-refractivity contribution in [3.8, 4) is 11.8 Å². The maximum atomic E-state index is 14.3. The van der Waals surface area contributed by atoms with Gasteiger partial charge in [-0.2, -0.15) is 10.2 Å². The topological polar surface area (TPSA) is 175 Å². The first-order chi connectivity index (χ1) is 30.6. The summed E-state index contributed by atoms with van der Waals surface area (Å²) in [6, 6.07) is 6.73. The Balaban J connectivity index is 0.700. The standard InChI is InChI=1S/C44H49F2N11O6/c1-52-39-27(4-2-6-34(39)57(44(52)61)35-11-12-37(58)50-43(35)60)5-3-19-62-30-13-16-53(17-14-30)22-26-7-9-28(10-8-26)56-24-33(38(51-56)40(45)46)48-42(59)32-21-47-55-18-15-36(49-41(32)55)54-23-31-20-29(54)25-63-31/h2,4,6,15,18,21,24,26,28-31,35,40H,7-14,16-17,19-20,22-23,25H2,1H3,(H,48,59)(H,50,58,60)/t26?,28?,29-,31-,35-/m1/s1. The number of para-hydroxylation sites is 1. The van der Waals surface area contributed by atoms with Crippen molar-refractivity contribution in [2.45, 2.75) is 94.5 Å². The molecular weight excluding hydrogens is 817 g/mol. The predicted molar refractivity (Wildman–Crippen MR) is 226 cm³/mol. The third-order valence-electron chi connectivity index (χ3n) is 13.5. The molecule has 5 aliphatic rings. The number of hydrogen-bond acceptors (Lipinski definition) is 11. The number of imide groups is 1. The summed E-state index contributed by atoms with van der Waals surface area (Å²) in [5.74, 6) is 6.11. The number of benzene rings is 1. The van der Waals surface area contributed by atoms with Crippen LogP contribution in [0, 0.1) is 17.8 Å². The van der Waals surface area contributed by atoms with Crippen LogP contribution in [0.4, 0.5) is 20.3 Å². The fourth-order valence-corrected chi connectivity index (χ4v) is 10.2. The van der Waals surface area contributed by atoms with E-state index in [9.17, 15) is 28.0 Å². The van der Waals surface area contributed by atoms with Gasteiger partial charge < -0.3 is 24.6 Å². The van der Waals surface area contributed by atoms with E-state index in [1.807, 2.05) is 18.2 Å². The molecule has 4 aromatic heterocycles. The Bertz CT molecular complexity index is 2700. The maximum Gasteiger partial charge on any atom is 0.329 e. The van der Waals surface area contributed by atoms with Crippen LogP contribution in [-0.2, 0) is 26.1 Å². The van der Waals surface area contributed by atoms with Gasteiger partial charge in [-0.05, 0) is 75.5 Å². The molecule has 2 bridgehead atoms. The molecule has 10 rings (SSSR count). The normalized spacial score (nSPS) is 24.4. The second-order valence-electron chi connectivity index (χ2n) is 17.4. The molecule has 5 aromatic rings. The van der Waals surface area contributed by atoms with Crippen LogP contribution in [0.5, 0.6) is 0 Å². The molecule has 19 heteroatoms. The molecule has 330 valence electrons. The first kappa shape index (κ1) is 41.1. The summed E-state index contributed by atoms with van der Waals surface area (Å²) in [6.07, 6.45) is 8.73. The molecule has 1 aromatic carbocycles. The number of anilines is 2. The van der Waals surface area contributed by atoms with Crippen LogP contribution in [0.25, 0.3) is 16.7 Å². The van der Waals surface area contributed by atoms with Gasteiger partial charge in [-0.3, -0.25) is 33.5 Å². The molecule has 17 nitrogen and oxygen atoms in total. The highest BCUT2D eigenvalue weighted by Crippen LogP contribution is 2.36. The van der Waals surface area contributed by atoms with Gasteiger partial charge in [0.25, 0.3) is 12.3 Å². The molecule has 3 atom stereocenters. The lowest BCUT2D eigenvalue weighted by Gasteiger charge is -2.36. The molecule has 4 saturated heterocycles. The van der Waals surface area contributed by atoms with Crippen molar-refractivity contribution < 1.29 is 32.6 Å². The Hall–Kier alpha value is -5.97. The summed E-state index contributed by atoms with van der Waals surface area (Å²) >= 11 is 0. The summed E-state index contributed by atoms with van der Waals surface area (Å²) in [5.41, 5.74) is 1.62. The number of halogens is 2. The average molecular weight is 866 g/mol. The number of likely N-dealkylation sites (tertiary alicyclic amines) is 1. The van der Waals surface area contributed by atoms with E-state index in [4.69, 9.17) is 14.5 Å². The van der Waals surface area contributed by atoms with Gasteiger partial charge in [0.15, 0.2) is 11.3 Å². The van der Waals surface area contributed by atoms with Gasteiger partial charge in [0.1, 0.15) is 24.0 Å². The number of aryl methyl sites for hydroxylation is 1. The largest absolute Gasteiger partial charge is 0.374 e. The Kier molecular flexibility index (Phi) is 11.1. The maximum absolute atomic E-state index is 14.3. The van der Waals surface area contributed by atoms with Crippen LogP contribution in [-0.4, -0.2) is 114 Å². The third kappa shape index (κ3) is 8.00. The van der Waals surface area contributed by atoms with Gasteiger partial charge in [-0.25, -0.2) is 23.1 Å². The SMILES string of the molecule is Cn1c(=O)n([C@@H]2CCC(=O)NC2=O)c2cccc(C#CCOC3CCN(CC4CCC(n5cc(NC(=O)c6cnn7ccc(N8C[C@H]9C[C@@H]8CO9)nc67)c(C(F)F)n5)CC4)CC3)c21. The zero-order valence-corrected chi connectivity index (χ0v) is 34.9. The number of rotatable bonds is 10. The number of imidazole rings is 1. The summed E-state index contributed by atoms with van der Waals surface area (Å²) in [5, 5.41) is 13.6. The van der Waals surface area contributed by atoms with Gasteiger partial charge in [-0.15, -0.1) is 0 Å². The number of morpholine rings is 1. The second-order valence-corrected chi connectivity index (χ2v) is 17.4. The molecule has 4 aliphatic heterocycles. The van der Waals surface area contributed by atoms with Crippen molar-refractivity contribution in [1.29, 1.82) is 0 Å². The smallest absolute Gasteiger partial charge is 0.329 e. The van der Waals surface area contributed by atoms with Crippen LogP contribution in [0.3, 0.4) is 0 Å². The molecule has 0 unspecified atom stereocenters. The lowest BCUT2D eigenvalue weighted by molar-refractivity contribution is -0.135. The van der Waals surface area contributed by atoms with Crippen LogP contribution >= 0.6 is 0 Å². The van der Waals surface area contributed by atoms with Gasteiger partial charge in [0.05, 0.1) is 59.4 Å². The predicted octanol–water partition coefficient (Wildman–Crippen LogP) is 3.99. The van der Waals surface area contributed by atoms with E-state index >= 15 is 0 Å². The van der Waals surface area contributed by atoms with E-state index in [1.165, 1.54) is 26.0 Å². The number of alkyl halides is 2. The number of nitrogens with one attached hydrogen (secondary N) is 2. The van der Waals surface area contributed by atoms with Crippen molar-refractivity contribution in [2.75, 3.05) is 49.6 Å². The first-order valence-electron chi connectivity index (χ1n) is 21.9. The van der Waals surface area contributed by atoms with Crippen molar-refractivity contribution in [2.24, 2.45) is 13.0 Å². The zero-order valence-electron chi connectivity index (χ0n) is 34.9. The fourth-order valence-electron chi connectivity index (χ4n) is 10.2. The number of fused-ring (bicyclic) bond motifs is 4. The lowest BCUT2D eigenvalue weighted by atomic mass is 9.85. The zero-order chi connectivity index (χ0) is 43.4. The van der Waals surface area contributed by atoms with E-state index in [0.29, 0.717) is 34.8 Å². The molecule has 0 spiro atoms. The quantitative estimate of drug-likeness (QED) is 0.154. The summed E-state index contributed by atoms with van der Waals surface area (Å²) in [7, 11) is 1.66. The number of ether oxygens (including phenoxy) is 2. The highest BCUT2D eigenvalue weighted by molar-refractivity contribution is 6.08. The molecule has 0 radical (unpaired) electrons. The Morgan fingerprint density at radius 3 is 2.63 bits per heavy atom. The third-order valence-corrected chi connectivity index (χ3v) is 13.5. The number of hydrogen-bond donors (Lipinski definition) is 2. The molecular formula is C44H49F2N11O6. The van der Waals surface area contributed by atoms with Crippen molar-refractivity contribution in [3.63, 3.8) is 0 Å². The van der Waals surface area contributed by atoms with Crippen molar-refractivity contribution in [1.82, 2.24) is 43.7 Å². The van der Waals surface area contributed by atoms with Crippen LogP contribution in [0.1, 0.15) is 97.9 Å². The summed E-state index contributed by atoms with van der Waals surface area (Å²) in [4.78, 5) is 60.5. The first-order valence-corrected chi connectivity index (χ1v) is 21.9. The number of amides is 3. The van der Waals surface area contributed by atoms with Gasteiger partial charge >= 0.3 is 5.69 Å². The number of nitrogens with zero attached hydrogens (tertiary/aromatic N) is 9. The van der Waals surface area contributed by atoms with E-state index in [1.54, 1.807) is 24.0 Å². The molecule has 63 heavy (non-hydrogen) atoms. The second kappa shape index (κ2) is 17.0. The number of carbonyl (C=O) groups is 3. The average Bonchev–Trinajstić information content (AvgIpc) is 4.13. The number of piperidine rings is 2. The Labute approximate surface area is 360 Å². The highest BCUT2D eigenvalue weighted by Gasteiger charge is 2.40. The molecule has 3 amide bonds. The van der Waals surface area contributed by atoms with Crippen LogP contribution in [0.15, 0.2) is 47.7 Å². The van der Waals surface area contributed by atoms with Crippen LogP contribution < -0.4 is 21.2 Å². The minimum Gasteiger partial charge on any atom is -0.374 e. The van der Waals surface area contributed by atoms with Crippen molar-refractivity contribution >= 4 is 45.9 Å². The van der Waals surface area contributed by atoms with Crippen LogP contribution in [0.2, 0.25) is 0 Å². The van der Waals surface area contributed by atoms with E-state index in [-0.39, 0.29) is 66.6 Å². The minimum atomic E-state index is -2.86. The van der Waals surface area contributed by atoms with E-state index in [2.05, 4.69) is 42.5 Å². The number of aromatic nitrogens is 7. The van der Waals surface area contributed by atoms with Gasteiger partial charge in [-0.1, -0.05) is 17.9 Å². The Morgan fingerprint density at radius 1 is 1.06 bits per heavy atom. The van der Waals surface area contributed by atoms with Crippen molar-refractivity contribution in [3.05, 3.63) is 70.2 Å². The lowest BCUT2D eigenvalue weighted by Crippen LogP contribution is -2.44.